The van der Waals surface area contributed by atoms with Crippen LogP contribution in [0.25, 0.3) is 0 Å². The standard InChI is InChI=1S/C22H30N2O4S/c1-5-15-28-20-13-11-19(12-14-20)24(29(4,26)27)16-22(25)23-21(6-2)18-9-7-17(3)8-10-18/h7-14,21H,5-6,15-16H2,1-4H3,(H,23,25)/t21-/m0/s1. The third kappa shape index (κ3) is 6.78. The van der Waals surface area contributed by atoms with E-state index in [1.165, 1.54) is 0 Å². The van der Waals surface area contributed by atoms with Gasteiger partial charge in [-0.05, 0) is 49.6 Å². The summed E-state index contributed by atoms with van der Waals surface area (Å²) in [7, 11) is -3.62. The summed E-state index contributed by atoms with van der Waals surface area (Å²) >= 11 is 0. The van der Waals surface area contributed by atoms with Crippen molar-refractivity contribution in [2.45, 2.75) is 39.7 Å². The number of anilines is 1. The average Bonchev–Trinajstić information content (AvgIpc) is 2.69. The normalized spacial score (nSPS) is 12.3. The molecule has 1 amide bonds. The number of sulfonamides is 1. The molecule has 1 atom stereocenters. The van der Waals surface area contributed by atoms with Crippen LogP contribution in [0, 0.1) is 6.92 Å². The molecular formula is C22H30N2O4S. The number of hydrogen-bond donors (Lipinski definition) is 1. The number of ether oxygens (including phenoxy) is 1. The number of amides is 1. The van der Waals surface area contributed by atoms with Gasteiger partial charge >= 0.3 is 0 Å². The Bertz CT molecular complexity index is 893. The molecule has 0 aromatic heterocycles. The van der Waals surface area contributed by atoms with Crippen LogP contribution >= 0.6 is 0 Å². The largest absolute Gasteiger partial charge is 0.494 e. The predicted octanol–water partition coefficient (Wildman–Crippen LogP) is 3.82. The Hall–Kier alpha value is -2.54. The molecule has 0 unspecified atom stereocenters. The second-order valence-electron chi connectivity index (χ2n) is 7.05. The summed E-state index contributed by atoms with van der Waals surface area (Å²) in [6, 6.07) is 14.5. The van der Waals surface area contributed by atoms with Crippen LogP contribution in [0.5, 0.6) is 5.75 Å². The second kappa shape index (κ2) is 10.3. The van der Waals surface area contributed by atoms with Crippen LogP contribution in [-0.4, -0.2) is 33.7 Å². The molecule has 0 spiro atoms. The Kier molecular flexibility index (Phi) is 8.08. The molecule has 29 heavy (non-hydrogen) atoms. The maximum atomic E-state index is 12.6. The molecule has 0 fully saturated rings. The van der Waals surface area contributed by atoms with Gasteiger partial charge in [0.2, 0.25) is 15.9 Å². The van der Waals surface area contributed by atoms with E-state index in [-0.39, 0.29) is 18.5 Å². The molecule has 0 aliphatic rings. The molecule has 1 N–H and O–H groups in total. The molecule has 0 saturated carbocycles. The van der Waals surface area contributed by atoms with Crippen LogP contribution in [-0.2, 0) is 14.8 Å². The smallest absolute Gasteiger partial charge is 0.241 e. The van der Waals surface area contributed by atoms with Gasteiger partial charge in [-0.1, -0.05) is 43.7 Å². The summed E-state index contributed by atoms with van der Waals surface area (Å²) < 4.78 is 31.2. The van der Waals surface area contributed by atoms with Gasteiger partial charge in [0.1, 0.15) is 12.3 Å². The summed E-state index contributed by atoms with van der Waals surface area (Å²) in [4.78, 5) is 12.6. The van der Waals surface area contributed by atoms with Crippen LogP contribution in [0.4, 0.5) is 5.69 Å². The fourth-order valence-corrected chi connectivity index (χ4v) is 3.78. The number of carbonyl (C=O) groups excluding carboxylic acids is 1. The number of rotatable bonds is 10. The maximum Gasteiger partial charge on any atom is 0.241 e. The van der Waals surface area contributed by atoms with E-state index < -0.39 is 10.0 Å². The minimum Gasteiger partial charge on any atom is -0.494 e. The summed E-state index contributed by atoms with van der Waals surface area (Å²) in [6.45, 7) is 6.31. The highest BCUT2D eigenvalue weighted by atomic mass is 32.2. The predicted molar refractivity (Wildman–Crippen MR) is 117 cm³/mol. The number of aryl methyl sites for hydroxylation is 1. The van der Waals surface area contributed by atoms with Gasteiger partial charge in [-0.15, -0.1) is 0 Å². The van der Waals surface area contributed by atoms with Crippen molar-refractivity contribution >= 4 is 21.6 Å². The Labute approximate surface area is 173 Å². The van der Waals surface area contributed by atoms with Crippen LogP contribution in [0.1, 0.15) is 43.9 Å². The van der Waals surface area contributed by atoms with Gasteiger partial charge in [0.05, 0.1) is 24.6 Å². The highest BCUT2D eigenvalue weighted by Crippen LogP contribution is 2.22. The van der Waals surface area contributed by atoms with Gasteiger partial charge in [0, 0.05) is 0 Å². The van der Waals surface area contributed by atoms with Crippen LogP contribution in [0.15, 0.2) is 48.5 Å². The molecule has 0 radical (unpaired) electrons. The summed E-state index contributed by atoms with van der Waals surface area (Å²) in [5.41, 5.74) is 2.56. The average molecular weight is 419 g/mol. The van der Waals surface area contributed by atoms with Crippen molar-refractivity contribution < 1.29 is 17.9 Å². The lowest BCUT2D eigenvalue weighted by Crippen LogP contribution is -2.41. The lowest BCUT2D eigenvalue weighted by Gasteiger charge is -2.24. The minimum absolute atomic E-state index is 0.172. The van der Waals surface area contributed by atoms with Crippen molar-refractivity contribution in [1.29, 1.82) is 0 Å². The SMILES string of the molecule is CCCOc1ccc(N(CC(=O)N[C@@H](CC)c2ccc(C)cc2)S(C)(=O)=O)cc1. The van der Waals surface area contributed by atoms with E-state index in [0.29, 0.717) is 24.5 Å². The van der Waals surface area contributed by atoms with E-state index in [4.69, 9.17) is 4.74 Å². The Morgan fingerprint density at radius 3 is 2.21 bits per heavy atom. The molecular weight excluding hydrogens is 388 g/mol. The van der Waals surface area contributed by atoms with Crippen LogP contribution in [0.3, 0.4) is 0 Å². The van der Waals surface area contributed by atoms with Gasteiger partial charge < -0.3 is 10.1 Å². The number of carbonyl (C=O) groups is 1. The Balaban J connectivity index is 2.13. The van der Waals surface area contributed by atoms with Crippen molar-refractivity contribution in [3.05, 3.63) is 59.7 Å². The zero-order chi connectivity index (χ0) is 21.4. The lowest BCUT2D eigenvalue weighted by molar-refractivity contribution is -0.120. The molecule has 2 aromatic carbocycles. The highest BCUT2D eigenvalue weighted by molar-refractivity contribution is 7.92. The van der Waals surface area contributed by atoms with Crippen molar-refractivity contribution in [3.8, 4) is 5.75 Å². The van der Waals surface area contributed by atoms with Gasteiger partial charge in [0.15, 0.2) is 0 Å². The topological polar surface area (TPSA) is 75.7 Å². The van der Waals surface area contributed by atoms with E-state index >= 15 is 0 Å². The van der Waals surface area contributed by atoms with Gasteiger partial charge in [-0.2, -0.15) is 0 Å². The Morgan fingerprint density at radius 2 is 1.69 bits per heavy atom. The second-order valence-corrected chi connectivity index (χ2v) is 8.96. The molecule has 0 aliphatic heterocycles. The zero-order valence-electron chi connectivity index (χ0n) is 17.5. The first-order chi connectivity index (χ1) is 13.7. The quantitative estimate of drug-likeness (QED) is 0.636. The third-order valence-electron chi connectivity index (χ3n) is 4.51. The lowest BCUT2D eigenvalue weighted by atomic mass is 10.0. The maximum absolute atomic E-state index is 12.6. The van der Waals surface area contributed by atoms with Crippen LogP contribution < -0.4 is 14.4 Å². The molecule has 0 bridgehead atoms. The van der Waals surface area contributed by atoms with E-state index in [0.717, 1.165) is 28.1 Å². The zero-order valence-corrected chi connectivity index (χ0v) is 18.3. The van der Waals surface area contributed by atoms with E-state index in [2.05, 4.69) is 5.32 Å². The molecule has 0 aliphatic carbocycles. The molecule has 158 valence electrons. The number of benzene rings is 2. The summed E-state index contributed by atoms with van der Waals surface area (Å²) in [5.74, 6) is 0.313. The summed E-state index contributed by atoms with van der Waals surface area (Å²) in [5, 5.41) is 2.94. The molecule has 6 nitrogen and oxygen atoms in total. The molecule has 0 saturated heterocycles. The highest BCUT2D eigenvalue weighted by Gasteiger charge is 2.22. The molecule has 2 aromatic rings. The fourth-order valence-electron chi connectivity index (χ4n) is 2.92. The molecule has 7 heteroatoms. The van der Waals surface area contributed by atoms with Crippen molar-refractivity contribution in [3.63, 3.8) is 0 Å². The van der Waals surface area contributed by atoms with Gasteiger partial charge in [0.25, 0.3) is 0 Å². The summed E-state index contributed by atoms with van der Waals surface area (Å²) in [6.07, 6.45) is 2.69. The molecule has 0 heterocycles. The van der Waals surface area contributed by atoms with Crippen molar-refractivity contribution in [2.75, 3.05) is 23.7 Å². The van der Waals surface area contributed by atoms with Gasteiger partial charge in [-0.25, -0.2) is 8.42 Å². The van der Waals surface area contributed by atoms with E-state index in [9.17, 15) is 13.2 Å². The minimum atomic E-state index is -3.62. The fraction of sp³-hybridized carbons (Fsp3) is 0.409. The van der Waals surface area contributed by atoms with E-state index in [1.54, 1.807) is 24.3 Å². The Morgan fingerprint density at radius 1 is 1.07 bits per heavy atom. The first-order valence-electron chi connectivity index (χ1n) is 9.81. The van der Waals surface area contributed by atoms with Crippen LogP contribution in [0.2, 0.25) is 0 Å². The number of nitrogens with one attached hydrogen (secondary N) is 1. The van der Waals surface area contributed by atoms with E-state index in [1.807, 2.05) is 45.0 Å². The first-order valence-corrected chi connectivity index (χ1v) is 11.7. The molecule has 2 rings (SSSR count). The third-order valence-corrected chi connectivity index (χ3v) is 5.65. The number of nitrogens with zero attached hydrogens (tertiary/aromatic N) is 1. The number of hydrogen-bond acceptors (Lipinski definition) is 4. The van der Waals surface area contributed by atoms with Crippen molar-refractivity contribution in [1.82, 2.24) is 5.32 Å². The monoisotopic (exact) mass is 418 g/mol. The first kappa shape index (κ1) is 22.7. The van der Waals surface area contributed by atoms with Crippen molar-refractivity contribution in [2.24, 2.45) is 0 Å². The van der Waals surface area contributed by atoms with Gasteiger partial charge in [-0.3, -0.25) is 9.10 Å².